The fourth-order valence-electron chi connectivity index (χ4n) is 2.93. The Labute approximate surface area is 169 Å². The lowest BCUT2D eigenvalue weighted by molar-refractivity contribution is -0.116. The first-order valence-electron chi connectivity index (χ1n) is 9.37. The van der Waals surface area contributed by atoms with Crippen LogP contribution in [-0.4, -0.2) is 46.5 Å². The summed E-state index contributed by atoms with van der Waals surface area (Å²) in [5.74, 6) is 0.217. The third kappa shape index (κ3) is 5.44. The van der Waals surface area contributed by atoms with Gasteiger partial charge in [-0.2, -0.15) is 0 Å². The number of ether oxygens (including phenoxy) is 1. The summed E-state index contributed by atoms with van der Waals surface area (Å²) in [7, 11) is 1.57. The number of carbonyl (C=O) groups is 2. The van der Waals surface area contributed by atoms with E-state index >= 15 is 0 Å². The molecular formula is C22H24N4O3. The van der Waals surface area contributed by atoms with Gasteiger partial charge in [-0.3, -0.25) is 9.59 Å². The van der Waals surface area contributed by atoms with Crippen LogP contribution in [0.15, 0.2) is 67.3 Å². The summed E-state index contributed by atoms with van der Waals surface area (Å²) < 4.78 is 7.11. The number of rotatable bonds is 8. The predicted octanol–water partition coefficient (Wildman–Crippen LogP) is 3.04. The minimum Gasteiger partial charge on any atom is -0.497 e. The van der Waals surface area contributed by atoms with Crippen molar-refractivity contribution in [2.24, 2.45) is 0 Å². The van der Waals surface area contributed by atoms with Gasteiger partial charge in [0.25, 0.3) is 5.91 Å². The van der Waals surface area contributed by atoms with Crippen LogP contribution in [0.3, 0.4) is 0 Å². The zero-order valence-corrected chi connectivity index (χ0v) is 16.5. The first-order chi connectivity index (χ1) is 14.1. The summed E-state index contributed by atoms with van der Waals surface area (Å²) in [4.78, 5) is 30.7. The average Bonchev–Trinajstić information content (AvgIpc) is 3.25. The Hall–Kier alpha value is -3.61. The molecule has 0 bridgehead atoms. The third-order valence-corrected chi connectivity index (χ3v) is 4.48. The molecule has 29 heavy (non-hydrogen) atoms. The van der Waals surface area contributed by atoms with Gasteiger partial charge in [0.05, 0.1) is 13.4 Å². The van der Waals surface area contributed by atoms with Crippen molar-refractivity contribution in [2.45, 2.75) is 13.5 Å². The molecule has 0 radical (unpaired) electrons. The molecule has 3 rings (SSSR count). The normalized spacial score (nSPS) is 10.4. The van der Waals surface area contributed by atoms with Crippen molar-refractivity contribution in [2.75, 3.05) is 25.5 Å². The monoisotopic (exact) mass is 392 g/mol. The van der Waals surface area contributed by atoms with E-state index in [0.29, 0.717) is 30.1 Å². The van der Waals surface area contributed by atoms with Crippen molar-refractivity contribution in [3.8, 4) is 5.75 Å². The number of nitrogens with one attached hydrogen (secondary N) is 1. The largest absolute Gasteiger partial charge is 0.497 e. The molecule has 1 heterocycles. The summed E-state index contributed by atoms with van der Waals surface area (Å²) in [6.07, 6.45) is 5.37. The van der Waals surface area contributed by atoms with Gasteiger partial charge in [-0.15, -0.1) is 0 Å². The number of nitrogens with zero attached hydrogens (tertiary/aromatic N) is 3. The van der Waals surface area contributed by atoms with Crippen LogP contribution in [0, 0.1) is 0 Å². The van der Waals surface area contributed by atoms with E-state index in [0.717, 1.165) is 5.56 Å². The van der Waals surface area contributed by atoms with Crippen molar-refractivity contribution in [3.05, 3.63) is 78.4 Å². The highest BCUT2D eigenvalue weighted by Gasteiger charge is 2.17. The molecule has 150 valence electrons. The topological polar surface area (TPSA) is 76.5 Å². The van der Waals surface area contributed by atoms with Crippen LogP contribution in [0.5, 0.6) is 5.75 Å². The molecule has 2 aromatic carbocycles. The number of carbonyl (C=O) groups excluding carboxylic acids is 2. The summed E-state index contributed by atoms with van der Waals surface area (Å²) in [6.45, 7) is 2.95. The van der Waals surface area contributed by atoms with Crippen molar-refractivity contribution >= 4 is 17.5 Å². The highest BCUT2D eigenvalue weighted by atomic mass is 16.5. The second-order valence-electron chi connectivity index (χ2n) is 6.53. The summed E-state index contributed by atoms with van der Waals surface area (Å²) in [6, 6.07) is 14.5. The van der Waals surface area contributed by atoms with E-state index in [1.807, 2.05) is 29.8 Å². The fourth-order valence-corrected chi connectivity index (χ4v) is 2.93. The van der Waals surface area contributed by atoms with E-state index in [-0.39, 0.29) is 18.4 Å². The molecule has 0 spiro atoms. The molecule has 1 aromatic heterocycles. The van der Waals surface area contributed by atoms with Gasteiger partial charge >= 0.3 is 0 Å². The number of anilines is 1. The average molecular weight is 392 g/mol. The Balaban J connectivity index is 1.61. The molecule has 0 aliphatic heterocycles. The first kappa shape index (κ1) is 20.1. The zero-order chi connectivity index (χ0) is 20.6. The Bertz CT molecular complexity index is 952. The van der Waals surface area contributed by atoms with Gasteiger partial charge in [-0.1, -0.05) is 18.2 Å². The predicted molar refractivity (Wildman–Crippen MR) is 111 cm³/mol. The number of benzene rings is 2. The molecule has 0 aliphatic carbocycles. The van der Waals surface area contributed by atoms with E-state index in [4.69, 9.17) is 4.74 Å². The molecular weight excluding hydrogens is 368 g/mol. The van der Waals surface area contributed by atoms with E-state index in [9.17, 15) is 9.59 Å². The number of aromatic nitrogens is 2. The van der Waals surface area contributed by atoms with Crippen molar-refractivity contribution in [1.29, 1.82) is 0 Å². The molecule has 7 nitrogen and oxygen atoms in total. The van der Waals surface area contributed by atoms with Crippen LogP contribution >= 0.6 is 0 Å². The molecule has 0 atom stereocenters. The SMILES string of the molecule is CCN(CC(=O)Nc1cccc(OC)c1)C(=O)c1ccc(Cn2ccnc2)cc1. The van der Waals surface area contributed by atoms with Gasteiger partial charge in [0.2, 0.25) is 5.91 Å². The van der Waals surface area contributed by atoms with Crippen LogP contribution in [0.25, 0.3) is 0 Å². The van der Waals surface area contributed by atoms with Crippen molar-refractivity contribution in [3.63, 3.8) is 0 Å². The Morgan fingerprint density at radius 2 is 1.97 bits per heavy atom. The molecule has 0 unspecified atom stereocenters. The van der Waals surface area contributed by atoms with Crippen LogP contribution in [0.1, 0.15) is 22.8 Å². The lowest BCUT2D eigenvalue weighted by atomic mass is 10.1. The molecule has 1 N–H and O–H groups in total. The van der Waals surface area contributed by atoms with Crippen LogP contribution in [-0.2, 0) is 11.3 Å². The lowest BCUT2D eigenvalue weighted by Crippen LogP contribution is -2.37. The number of hydrogen-bond donors (Lipinski definition) is 1. The van der Waals surface area contributed by atoms with Gasteiger partial charge in [0.1, 0.15) is 12.3 Å². The molecule has 3 aromatic rings. The molecule has 2 amide bonds. The van der Waals surface area contributed by atoms with Gasteiger partial charge in [0.15, 0.2) is 0 Å². The number of imidazole rings is 1. The maximum atomic E-state index is 12.8. The van der Waals surface area contributed by atoms with Gasteiger partial charge in [0, 0.05) is 42.8 Å². The smallest absolute Gasteiger partial charge is 0.254 e. The van der Waals surface area contributed by atoms with Crippen LogP contribution in [0.2, 0.25) is 0 Å². The standard InChI is InChI=1S/C22H24N4O3/c1-3-26(15-21(27)24-19-5-4-6-20(13-19)29-2)22(28)18-9-7-17(8-10-18)14-25-12-11-23-16-25/h4-13,16H,3,14-15H2,1-2H3,(H,24,27). The summed E-state index contributed by atoms with van der Waals surface area (Å²) in [5.41, 5.74) is 2.25. The Morgan fingerprint density at radius 3 is 2.62 bits per heavy atom. The van der Waals surface area contributed by atoms with E-state index < -0.39 is 0 Å². The summed E-state index contributed by atoms with van der Waals surface area (Å²) >= 11 is 0. The maximum absolute atomic E-state index is 12.8. The van der Waals surface area contributed by atoms with E-state index in [2.05, 4.69) is 10.3 Å². The molecule has 0 aliphatic rings. The molecule has 0 saturated carbocycles. The number of methoxy groups -OCH3 is 1. The first-order valence-corrected chi connectivity index (χ1v) is 9.37. The molecule has 0 saturated heterocycles. The van der Waals surface area contributed by atoms with E-state index in [1.165, 1.54) is 4.90 Å². The molecule has 0 fully saturated rings. The quantitative estimate of drug-likeness (QED) is 0.639. The van der Waals surface area contributed by atoms with Gasteiger partial charge in [-0.25, -0.2) is 4.98 Å². The highest BCUT2D eigenvalue weighted by Crippen LogP contribution is 2.17. The third-order valence-electron chi connectivity index (χ3n) is 4.48. The highest BCUT2D eigenvalue weighted by molar-refractivity contribution is 5.99. The van der Waals surface area contributed by atoms with E-state index in [1.54, 1.807) is 56.0 Å². The fraction of sp³-hybridized carbons (Fsp3) is 0.227. The molecule has 7 heteroatoms. The van der Waals surface area contributed by atoms with Crippen LogP contribution < -0.4 is 10.1 Å². The van der Waals surface area contributed by atoms with Crippen molar-refractivity contribution < 1.29 is 14.3 Å². The Morgan fingerprint density at radius 1 is 1.17 bits per heavy atom. The maximum Gasteiger partial charge on any atom is 0.254 e. The van der Waals surface area contributed by atoms with Crippen LogP contribution in [0.4, 0.5) is 5.69 Å². The summed E-state index contributed by atoms with van der Waals surface area (Å²) in [5, 5.41) is 2.80. The Kier molecular flexibility index (Phi) is 6.63. The van der Waals surface area contributed by atoms with Gasteiger partial charge < -0.3 is 19.5 Å². The number of hydrogen-bond acceptors (Lipinski definition) is 4. The minimum absolute atomic E-state index is 0.0245. The second kappa shape index (κ2) is 9.54. The van der Waals surface area contributed by atoms with Crippen molar-refractivity contribution in [1.82, 2.24) is 14.5 Å². The number of amides is 2. The minimum atomic E-state index is -0.259. The van der Waals surface area contributed by atoms with Gasteiger partial charge in [-0.05, 0) is 36.8 Å². The second-order valence-corrected chi connectivity index (χ2v) is 6.53. The zero-order valence-electron chi connectivity index (χ0n) is 16.5. The number of likely N-dealkylation sites (N-methyl/N-ethyl adjacent to an activating group) is 1. The lowest BCUT2D eigenvalue weighted by Gasteiger charge is -2.20.